The van der Waals surface area contributed by atoms with Crippen LogP contribution in [0, 0.1) is 0 Å². The maximum Gasteiger partial charge on any atom is 0.341 e. The van der Waals surface area contributed by atoms with Crippen molar-refractivity contribution in [1.29, 1.82) is 0 Å². The molecule has 2 aliphatic heterocycles. The highest BCUT2D eigenvalue weighted by Crippen LogP contribution is 2.53. The van der Waals surface area contributed by atoms with Gasteiger partial charge < -0.3 is 33.5 Å². The van der Waals surface area contributed by atoms with Crippen LogP contribution in [0.1, 0.15) is 38.9 Å². The zero-order chi connectivity index (χ0) is 39.1. The second-order valence-electron chi connectivity index (χ2n) is 14.3. The number of hydrogen-bond acceptors (Lipinski definition) is 7. The molecule has 0 unspecified atom stereocenters. The van der Waals surface area contributed by atoms with E-state index in [-0.39, 0.29) is 26.4 Å². The van der Waals surface area contributed by atoms with Gasteiger partial charge in [0.25, 0.3) is 0 Å². The van der Waals surface area contributed by atoms with Gasteiger partial charge in [0.15, 0.2) is 0 Å². The molecule has 2 heterocycles. The van der Waals surface area contributed by atoms with E-state index in [4.69, 9.17) is 40.0 Å². The Morgan fingerprint density at radius 1 is 0.614 bits per heavy atom. The number of fused-ring (bicyclic) bond motifs is 2. The first-order chi connectivity index (χ1) is 27.9. The standard InChI is InChI=1S/C48H43ClO8/c49-42-26-23-40(28-39(42)27-34-21-24-41(25-22-34)52-29-35-13-5-1-6-14-35)48-45(55-32-38-19-11-4-12-20-38)43(53-30-36-15-7-2-8-16-36)44(47(57-48,33-56-48)46(50)51)54-31-37-17-9-3-10-18-37/h1-26,28,43-45H,27,29-33H2,(H,50,51)/t43-,44-,45+,47-,48-/m0/s1. The lowest BCUT2D eigenvalue weighted by Gasteiger charge is -2.49. The van der Waals surface area contributed by atoms with Crippen molar-refractivity contribution in [1.82, 2.24) is 0 Å². The number of ether oxygens (including phenoxy) is 6. The van der Waals surface area contributed by atoms with Gasteiger partial charge in [-0.05, 0) is 64.1 Å². The topological polar surface area (TPSA) is 92.7 Å². The monoisotopic (exact) mass is 782 g/mol. The van der Waals surface area contributed by atoms with Crippen LogP contribution in [0.3, 0.4) is 0 Å². The van der Waals surface area contributed by atoms with E-state index in [9.17, 15) is 9.90 Å². The largest absolute Gasteiger partial charge is 0.489 e. The Morgan fingerprint density at radius 3 is 1.67 bits per heavy atom. The van der Waals surface area contributed by atoms with E-state index < -0.39 is 35.7 Å². The van der Waals surface area contributed by atoms with Crippen LogP contribution in [-0.4, -0.2) is 41.6 Å². The summed E-state index contributed by atoms with van der Waals surface area (Å²) in [7, 11) is 0. The Morgan fingerprint density at radius 2 is 1.12 bits per heavy atom. The smallest absolute Gasteiger partial charge is 0.341 e. The molecular formula is C48H43ClO8. The Hall–Kier alpha value is -5.32. The third-order valence-electron chi connectivity index (χ3n) is 10.5. The molecule has 0 amide bonds. The lowest BCUT2D eigenvalue weighted by molar-refractivity contribution is -0.345. The molecule has 2 aliphatic rings. The predicted octanol–water partition coefficient (Wildman–Crippen LogP) is 9.30. The second kappa shape index (κ2) is 17.4. The van der Waals surface area contributed by atoms with E-state index in [1.165, 1.54) is 0 Å². The lowest BCUT2D eigenvalue weighted by Crippen LogP contribution is -2.68. The summed E-state index contributed by atoms with van der Waals surface area (Å²) in [4.78, 5) is 13.5. The van der Waals surface area contributed by atoms with Crippen LogP contribution in [0.25, 0.3) is 0 Å². The Kier molecular flexibility index (Phi) is 11.8. The number of carbonyl (C=O) groups is 1. The van der Waals surface area contributed by atoms with E-state index in [1.807, 2.05) is 158 Å². The van der Waals surface area contributed by atoms with Gasteiger partial charge in [0.05, 0.1) is 26.4 Å². The highest BCUT2D eigenvalue weighted by Gasteiger charge is 2.72. The van der Waals surface area contributed by atoms with Crippen molar-refractivity contribution in [2.75, 3.05) is 6.61 Å². The van der Waals surface area contributed by atoms with Gasteiger partial charge in [0, 0.05) is 10.6 Å². The highest BCUT2D eigenvalue weighted by atomic mass is 35.5. The molecular weight excluding hydrogens is 740 g/mol. The highest BCUT2D eigenvalue weighted by molar-refractivity contribution is 6.31. The van der Waals surface area contributed by atoms with Gasteiger partial charge in [0.1, 0.15) is 30.7 Å². The second-order valence-corrected chi connectivity index (χ2v) is 14.8. The molecule has 8 rings (SSSR count). The molecule has 9 heteroatoms. The maximum absolute atomic E-state index is 13.5. The van der Waals surface area contributed by atoms with Gasteiger partial charge in [0.2, 0.25) is 11.4 Å². The first kappa shape index (κ1) is 38.5. The summed E-state index contributed by atoms with van der Waals surface area (Å²) in [5, 5.41) is 11.6. The number of halogens is 1. The molecule has 0 aliphatic carbocycles. The molecule has 2 saturated heterocycles. The number of hydrogen-bond donors (Lipinski definition) is 1. The van der Waals surface area contributed by atoms with Crippen molar-refractivity contribution in [3.05, 3.63) is 208 Å². The fraction of sp³-hybridized carbons (Fsp3) is 0.229. The summed E-state index contributed by atoms with van der Waals surface area (Å²) in [6, 6.07) is 52.5. The summed E-state index contributed by atoms with van der Waals surface area (Å²) < 4.78 is 39.7. The zero-order valence-electron chi connectivity index (χ0n) is 31.2. The van der Waals surface area contributed by atoms with Crippen LogP contribution < -0.4 is 4.74 Å². The number of carboxylic acids is 1. The molecule has 6 aromatic rings. The van der Waals surface area contributed by atoms with Crippen LogP contribution in [-0.2, 0) is 67.1 Å². The minimum absolute atomic E-state index is 0.120. The quantitative estimate of drug-likeness (QED) is 0.104. The van der Waals surface area contributed by atoms with Gasteiger partial charge in [-0.1, -0.05) is 151 Å². The molecule has 6 aromatic carbocycles. The first-order valence-corrected chi connectivity index (χ1v) is 19.4. The molecule has 0 aromatic heterocycles. The minimum Gasteiger partial charge on any atom is -0.489 e. The maximum atomic E-state index is 13.5. The van der Waals surface area contributed by atoms with Crippen molar-refractivity contribution in [3.8, 4) is 5.75 Å². The predicted molar refractivity (Wildman–Crippen MR) is 216 cm³/mol. The summed E-state index contributed by atoms with van der Waals surface area (Å²) >= 11 is 6.88. The third-order valence-corrected chi connectivity index (χ3v) is 10.8. The van der Waals surface area contributed by atoms with Crippen LogP contribution in [0.5, 0.6) is 5.75 Å². The fourth-order valence-corrected chi connectivity index (χ4v) is 7.67. The average molecular weight is 783 g/mol. The van der Waals surface area contributed by atoms with E-state index >= 15 is 0 Å². The van der Waals surface area contributed by atoms with Gasteiger partial charge in [-0.2, -0.15) is 0 Å². The van der Waals surface area contributed by atoms with Crippen LogP contribution in [0.2, 0.25) is 5.02 Å². The van der Waals surface area contributed by atoms with E-state index in [0.717, 1.165) is 39.1 Å². The minimum atomic E-state index is -1.93. The number of carboxylic acid groups (broad SMARTS) is 1. The Bertz CT molecular complexity index is 2220. The van der Waals surface area contributed by atoms with Crippen molar-refractivity contribution in [2.24, 2.45) is 0 Å². The number of aliphatic carboxylic acids is 1. The summed E-state index contributed by atoms with van der Waals surface area (Å²) in [5.41, 5.74) is 4.21. The van der Waals surface area contributed by atoms with Crippen molar-refractivity contribution in [3.63, 3.8) is 0 Å². The summed E-state index contributed by atoms with van der Waals surface area (Å²) in [6.07, 6.45) is -2.57. The van der Waals surface area contributed by atoms with Gasteiger partial charge in [-0.15, -0.1) is 0 Å². The van der Waals surface area contributed by atoms with Gasteiger partial charge in [-0.3, -0.25) is 0 Å². The molecule has 2 fully saturated rings. The average Bonchev–Trinajstić information content (AvgIpc) is 3.63. The summed E-state index contributed by atoms with van der Waals surface area (Å²) in [6.45, 7) is 0.630. The molecule has 2 bridgehead atoms. The van der Waals surface area contributed by atoms with E-state index in [1.54, 1.807) is 6.07 Å². The lowest BCUT2D eigenvalue weighted by atomic mass is 9.82. The molecule has 0 saturated carbocycles. The molecule has 0 radical (unpaired) electrons. The molecule has 5 atom stereocenters. The van der Waals surface area contributed by atoms with Crippen LogP contribution in [0.15, 0.2) is 164 Å². The first-order valence-electron chi connectivity index (χ1n) is 19.0. The summed E-state index contributed by atoms with van der Waals surface area (Å²) in [5.74, 6) is -2.17. The molecule has 290 valence electrons. The van der Waals surface area contributed by atoms with E-state index in [2.05, 4.69) is 0 Å². The van der Waals surface area contributed by atoms with Gasteiger partial charge >= 0.3 is 5.97 Å². The number of benzene rings is 6. The Balaban J connectivity index is 1.15. The van der Waals surface area contributed by atoms with Crippen LogP contribution in [0.4, 0.5) is 0 Å². The zero-order valence-corrected chi connectivity index (χ0v) is 32.0. The molecule has 1 N–H and O–H groups in total. The number of rotatable bonds is 16. The third kappa shape index (κ3) is 8.53. The Labute approximate surface area is 337 Å². The molecule has 8 nitrogen and oxygen atoms in total. The van der Waals surface area contributed by atoms with Crippen molar-refractivity contribution in [2.45, 2.75) is 62.5 Å². The van der Waals surface area contributed by atoms with Gasteiger partial charge in [-0.25, -0.2) is 4.79 Å². The molecule has 57 heavy (non-hydrogen) atoms. The van der Waals surface area contributed by atoms with Crippen LogP contribution >= 0.6 is 11.6 Å². The SMILES string of the molecule is O=C(O)[C@@]12CO[C@@](c3ccc(Cl)c(Cc4ccc(OCc5ccccc5)cc4)c3)(O1)[C@H](OCc1ccccc1)[C@@H](OCc1ccccc1)[C@@H]2OCc1ccccc1. The van der Waals surface area contributed by atoms with Crippen molar-refractivity contribution >= 4 is 17.6 Å². The fourth-order valence-electron chi connectivity index (χ4n) is 7.49. The molecule has 0 spiro atoms. The van der Waals surface area contributed by atoms with E-state index in [0.29, 0.717) is 23.6 Å². The normalized spacial score (nSPS) is 22.6. The van der Waals surface area contributed by atoms with Crippen molar-refractivity contribution < 1.29 is 38.3 Å².